The standard InChI is InChI=1S/C22H28N4O4S/c1-3-30-20(28)17-13-18-19(27)25(11-10-16-9-6-12-31-16)22(2,14-26(18)24-17)21(29)23-15-7-4-5-8-15/h6,9,12-13,15H,3-5,7-8,10-11,14H2,1-2H3,(H,23,29). The zero-order valence-electron chi connectivity index (χ0n) is 17.9. The molecule has 0 bridgehead atoms. The highest BCUT2D eigenvalue weighted by Gasteiger charge is 2.48. The van der Waals surface area contributed by atoms with Gasteiger partial charge in [-0.1, -0.05) is 18.9 Å². The van der Waals surface area contributed by atoms with E-state index in [1.54, 1.807) is 30.1 Å². The van der Waals surface area contributed by atoms with Gasteiger partial charge in [0.25, 0.3) is 5.91 Å². The van der Waals surface area contributed by atoms with E-state index in [4.69, 9.17) is 4.74 Å². The lowest BCUT2D eigenvalue weighted by molar-refractivity contribution is -0.133. The lowest BCUT2D eigenvalue weighted by atomic mass is 9.94. The summed E-state index contributed by atoms with van der Waals surface area (Å²) in [6.45, 7) is 4.34. The van der Waals surface area contributed by atoms with E-state index in [0.29, 0.717) is 18.7 Å². The van der Waals surface area contributed by atoms with Crippen LogP contribution in [-0.2, 0) is 22.5 Å². The van der Waals surface area contributed by atoms with Gasteiger partial charge in [-0.15, -0.1) is 11.3 Å². The van der Waals surface area contributed by atoms with Gasteiger partial charge in [-0.3, -0.25) is 14.3 Å². The molecule has 1 atom stereocenters. The first-order valence-corrected chi connectivity index (χ1v) is 11.7. The molecule has 9 heteroatoms. The highest BCUT2D eigenvalue weighted by Crippen LogP contribution is 2.29. The number of esters is 1. The van der Waals surface area contributed by atoms with Gasteiger partial charge < -0.3 is 15.0 Å². The van der Waals surface area contributed by atoms with Crippen molar-refractivity contribution in [1.82, 2.24) is 20.0 Å². The number of ether oxygens (including phenoxy) is 1. The van der Waals surface area contributed by atoms with Crippen LogP contribution in [0, 0.1) is 0 Å². The average Bonchev–Trinajstić information content (AvgIpc) is 3.49. The summed E-state index contributed by atoms with van der Waals surface area (Å²) in [4.78, 5) is 41.8. The fourth-order valence-corrected chi connectivity index (χ4v) is 5.08. The van der Waals surface area contributed by atoms with Gasteiger partial charge in [0.1, 0.15) is 11.2 Å². The summed E-state index contributed by atoms with van der Waals surface area (Å²) < 4.78 is 6.51. The summed E-state index contributed by atoms with van der Waals surface area (Å²) in [6, 6.07) is 5.61. The number of thiophene rings is 1. The van der Waals surface area contributed by atoms with Crippen molar-refractivity contribution in [3.63, 3.8) is 0 Å². The quantitative estimate of drug-likeness (QED) is 0.663. The number of hydrogen-bond acceptors (Lipinski definition) is 6. The number of nitrogens with one attached hydrogen (secondary N) is 1. The molecule has 2 aromatic rings. The Balaban J connectivity index is 1.63. The molecule has 4 rings (SSSR count). The van der Waals surface area contributed by atoms with E-state index >= 15 is 0 Å². The minimum atomic E-state index is -1.10. The monoisotopic (exact) mass is 444 g/mol. The van der Waals surface area contributed by atoms with Crippen molar-refractivity contribution in [1.29, 1.82) is 0 Å². The Morgan fingerprint density at radius 2 is 2.13 bits per heavy atom. The predicted molar refractivity (Wildman–Crippen MR) is 116 cm³/mol. The first-order chi connectivity index (χ1) is 14.9. The molecule has 8 nitrogen and oxygen atoms in total. The molecule has 0 saturated heterocycles. The first-order valence-electron chi connectivity index (χ1n) is 10.8. The fourth-order valence-electron chi connectivity index (χ4n) is 4.38. The lowest BCUT2D eigenvalue weighted by Crippen LogP contribution is -2.65. The van der Waals surface area contributed by atoms with Crippen LogP contribution in [0.2, 0.25) is 0 Å². The van der Waals surface area contributed by atoms with Gasteiger partial charge >= 0.3 is 5.97 Å². The van der Waals surface area contributed by atoms with E-state index in [2.05, 4.69) is 10.4 Å². The zero-order valence-corrected chi connectivity index (χ0v) is 18.7. The minimum Gasteiger partial charge on any atom is -0.461 e. The van der Waals surface area contributed by atoms with Crippen LogP contribution >= 0.6 is 11.3 Å². The maximum absolute atomic E-state index is 13.5. The van der Waals surface area contributed by atoms with Crippen molar-refractivity contribution in [2.24, 2.45) is 0 Å². The lowest BCUT2D eigenvalue weighted by Gasteiger charge is -2.43. The van der Waals surface area contributed by atoms with Gasteiger partial charge in [0.15, 0.2) is 5.69 Å². The molecule has 166 valence electrons. The van der Waals surface area contributed by atoms with E-state index in [1.165, 1.54) is 10.7 Å². The van der Waals surface area contributed by atoms with Crippen LogP contribution in [0.15, 0.2) is 23.6 Å². The number of nitrogens with zero attached hydrogens (tertiary/aromatic N) is 3. The van der Waals surface area contributed by atoms with Crippen molar-refractivity contribution < 1.29 is 19.1 Å². The number of fused-ring (bicyclic) bond motifs is 1. The number of amides is 2. The molecule has 1 fully saturated rings. The molecule has 1 N–H and O–H groups in total. The highest BCUT2D eigenvalue weighted by atomic mass is 32.1. The molecule has 2 aliphatic rings. The zero-order chi connectivity index (χ0) is 22.0. The second kappa shape index (κ2) is 8.82. The van der Waals surface area contributed by atoms with Crippen molar-refractivity contribution in [3.8, 4) is 0 Å². The number of hydrogen-bond donors (Lipinski definition) is 1. The molecule has 1 aliphatic carbocycles. The fraction of sp³-hybridized carbons (Fsp3) is 0.545. The molecule has 1 saturated carbocycles. The minimum absolute atomic E-state index is 0.0869. The van der Waals surface area contributed by atoms with Gasteiger partial charge in [0.05, 0.1) is 13.2 Å². The third-order valence-electron chi connectivity index (χ3n) is 6.12. The predicted octanol–water partition coefficient (Wildman–Crippen LogP) is 2.64. The molecule has 2 aromatic heterocycles. The Morgan fingerprint density at radius 3 is 2.81 bits per heavy atom. The van der Waals surface area contributed by atoms with Crippen LogP contribution in [0.25, 0.3) is 0 Å². The smallest absolute Gasteiger partial charge is 0.358 e. The summed E-state index contributed by atoms with van der Waals surface area (Å²) in [5.41, 5.74) is -0.703. The molecule has 0 spiro atoms. The van der Waals surface area contributed by atoms with Crippen LogP contribution in [-0.4, -0.2) is 57.2 Å². The van der Waals surface area contributed by atoms with E-state index < -0.39 is 11.5 Å². The Hall–Kier alpha value is -2.68. The van der Waals surface area contributed by atoms with Crippen molar-refractivity contribution >= 4 is 29.1 Å². The Bertz CT molecular complexity index is 964. The van der Waals surface area contributed by atoms with Crippen molar-refractivity contribution in [2.75, 3.05) is 13.2 Å². The number of carbonyl (C=O) groups excluding carboxylic acids is 3. The number of rotatable bonds is 7. The van der Waals surface area contributed by atoms with Crippen LogP contribution in [0.5, 0.6) is 0 Å². The second-order valence-corrected chi connectivity index (χ2v) is 9.34. The summed E-state index contributed by atoms with van der Waals surface area (Å²) >= 11 is 1.63. The molecule has 31 heavy (non-hydrogen) atoms. The van der Waals surface area contributed by atoms with E-state index in [-0.39, 0.29) is 36.7 Å². The maximum atomic E-state index is 13.5. The third-order valence-corrected chi connectivity index (χ3v) is 7.06. The van der Waals surface area contributed by atoms with Crippen molar-refractivity contribution in [3.05, 3.63) is 39.8 Å². The van der Waals surface area contributed by atoms with Crippen LogP contribution in [0.1, 0.15) is 65.4 Å². The van der Waals surface area contributed by atoms with Gasteiger partial charge in [-0.05, 0) is 44.6 Å². The van der Waals surface area contributed by atoms with Crippen LogP contribution < -0.4 is 5.32 Å². The van der Waals surface area contributed by atoms with E-state index in [0.717, 1.165) is 30.6 Å². The molecular formula is C22H28N4O4S. The summed E-state index contributed by atoms with van der Waals surface area (Å²) in [5, 5.41) is 9.44. The third kappa shape index (κ3) is 4.23. The highest BCUT2D eigenvalue weighted by molar-refractivity contribution is 7.09. The normalized spacial score (nSPS) is 21.2. The Morgan fingerprint density at radius 1 is 1.35 bits per heavy atom. The first kappa shape index (κ1) is 21.5. The molecule has 0 aromatic carbocycles. The Kier molecular flexibility index (Phi) is 6.13. The summed E-state index contributed by atoms with van der Waals surface area (Å²) in [6.07, 6.45) is 4.80. The van der Waals surface area contributed by atoms with Crippen LogP contribution in [0.3, 0.4) is 0 Å². The molecule has 1 aliphatic heterocycles. The molecule has 3 heterocycles. The number of aromatic nitrogens is 2. The van der Waals surface area contributed by atoms with E-state index in [1.807, 2.05) is 17.5 Å². The van der Waals surface area contributed by atoms with Gasteiger partial charge in [0, 0.05) is 23.5 Å². The molecule has 1 unspecified atom stereocenters. The summed E-state index contributed by atoms with van der Waals surface area (Å²) in [7, 11) is 0. The van der Waals surface area contributed by atoms with Gasteiger partial charge in [-0.2, -0.15) is 5.10 Å². The summed E-state index contributed by atoms with van der Waals surface area (Å²) in [5.74, 6) is -1.04. The maximum Gasteiger partial charge on any atom is 0.358 e. The average molecular weight is 445 g/mol. The SMILES string of the molecule is CCOC(=O)c1cc2n(n1)CC(C)(C(=O)NC1CCCC1)N(CCc1cccs1)C2=O. The van der Waals surface area contributed by atoms with Crippen molar-refractivity contribution in [2.45, 2.75) is 64.1 Å². The molecule has 2 amide bonds. The van der Waals surface area contributed by atoms with Crippen LogP contribution in [0.4, 0.5) is 0 Å². The van der Waals surface area contributed by atoms with E-state index in [9.17, 15) is 14.4 Å². The van der Waals surface area contributed by atoms with Gasteiger partial charge in [-0.25, -0.2) is 4.79 Å². The topological polar surface area (TPSA) is 93.5 Å². The Labute approximate surface area is 185 Å². The number of carbonyl (C=O) groups is 3. The largest absolute Gasteiger partial charge is 0.461 e. The molecular weight excluding hydrogens is 416 g/mol. The van der Waals surface area contributed by atoms with Gasteiger partial charge in [0.2, 0.25) is 5.91 Å². The molecule has 0 radical (unpaired) electrons. The second-order valence-electron chi connectivity index (χ2n) is 8.31.